The molecule has 0 saturated carbocycles. The molecule has 0 aliphatic carbocycles. The number of nitrogens with zero attached hydrogens (tertiary/aromatic N) is 1. The highest BCUT2D eigenvalue weighted by molar-refractivity contribution is 8.14. The minimum absolute atomic E-state index is 0.225. The second-order valence-electron chi connectivity index (χ2n) is 6.06. The number of amidine groups is 1. The summed E-state index contributed by atoms with van der Waals surface area (Å²) in [6, 6.07) is 7.58. The molecule has 5 atom stereocenters. The van der Waals surface area contributed by atoms with Gasteiger partial charge >= 0.3 is 0 Å². The Morgan fingerprint density at radius 1 is 1.25 bits per heavy atom. The number of aliphatic hydroxyl groups excluding tert-OH is 2. The molecule has 0 spiro atoms. The number of aliphatic hydroxyl groups is 2. The second-order valence-corrected chi connectivity index (χ2v) is 7.14. The highest BCUT2D eigenvalue weighted by Gasteiger charge is 2.47. The summed E-state index contributed by atoms with van der Waals surface area (Å²) >= 11 is 1.47. The van der Waals surface area contributed by atoms with Crippen LogP contribution in [0.4, 0.5) is 0 Å². The van der Waals surface area contributed by atoms with Crippen LogP contribution in [0.3, 0.4) is 0 Å². The summed E-state index contributed by atoms with van der Waals surface area (Å²) in [7, 11) is 3.44. The van der Waals surface area contributed by atoms with Crippen molar-refractivity contribution in [1.82, 2.24) is 5.32 Å². The number of thioether (sulfide) groups is 1. The average molecular weight is 352 g/mol. The van der Waals surface area contributed by atoms with Gasteiger partial charge in [0.25, 0.3) is 0 Å². The number of hydrogen-bond donors (Lipinski definition) is 3. The van der Waals surface area contributed by atoms with Crippen LogP contribution in [0.25, 0.3) is 0 Å². The molecule has 0 unspecified atom stereocenters. The zero-order valence-corrected chi connectivity index (χ0v) is 14.7. The predicted molar refractivity (Wildman–Crippen MR) is 94.5 cm³/mol. The van der Waals surface area contributed by atoms with Gasteiger partial charge in [-0.2, -0.15) is 0 Å². The molecule has 1 fully saturated rings. The third-order valence-corrected chi connectivity index (χ3v) is 5.64. The van der Waals surface area contributed by atoms with Crippen molar-refractivity contribution in [2.24, 2.45) is 4.99 Å². The Hall–Kier alpha value is -1.28. The molecule has 6 nitrogen and oxygen atoms in total. The number of fused-ring (bicyclic) bond motifs is 1. The highest BCUT2D eigenvalue weighted by atomic mass is 32.2. The largest absolute Gasteiger partial charge is 0.497 e. The van der Waals surface area contributed by atoms with E-state index in [-0.39, 0.29) is 11.5 Å². The van der Waals surface area contributed by atoms with E-state index in [4.69, 9.17) is 9.47 Å². The third kappa shape index (κ3) is 3.69. The number of aliphatic imine (C=N–C) groups is 1. The van der Waals surface area contributed by atoms with Gasteiger partial charge in [-0.1, -0.05) is 23.9 Å². The number of aryl methyl sites for hydroxylation is 1. The highest BCUT2D eigenvalue weighted by Crippen LogP contribution is 2.36. The molecule has 0 aromatic heterocycles. The van der Waals surface area contributed by atoms with E-state index in [1.54, 1.807) is 14.2 Å². The van der Waals surface area contributed by atoms with Crippen LogP contribution in [0.5, 0.6) is 5.75 Å². The van der Waals surface area contributed by atoms with Gasteiger partial charge in [-0.15, -0.1) is 0 Å². The number of nitrogens with one attached hydrogen (secondary N) is 1. The molecule has 0 bridgehead atoms. The number of rotatable bonds is 5. The van der Waals surface area contributed by atoms with Crippen molar-refractivity contribution in [2.45, 2.75) is 49.1 Å². The van der Waals surface area contributed by atoms with Crippen molar-refractivity contribution in [3.8, 4) is 5.75 Å². The van der Waals surface area contributed by atoms with Gasteiger partial charge in [0.2, 0.25) is 0 Å². The Balaban J connectivity index is 1.52. The Morgan fingerprint density at radius 3 is 2.67 bits per heavy atom. The molecule has 2 aliphatic heterocycles. The Bertz CT molecular complexity index is 580. The van der Waals surface area contributed by atoms with Crippen LogP contribution >= 0.6 is 11.8 Å². The number of hydrogen-bond acceptors (Lipinski definition) is 7. The fourth-order valence-corrected chi connectivity index (χ4v) is 4.17. The van der Waals surface area contributed by atoms with Gasteiger partial charge in [-0.25, -0.2) is 0 Å². The molecule has 2 aliphatic rings. The van der Waals surface area contributed by atoms with Gasteiger partial charge in [-0.3, -0.25) is 4.99 Å². The summed E-state index contributed by atoms with van der Waals surface area (Å²) < 4.78 is 11.1. The lowest BCUT2D eigenvalue weighted by molar-refractivity contribution is -0.154. The first kappa shape index (κ1) is 17.5. The van der Waals surface area contributed by atoms with Gasteiger partial charge in [-0.05, 0) is 37.0 Å². The summed E-state index contributed by atoms with van der Waals surface area (Å²) in [5.41, 5.74) is 0.993. The molecule has 0 amide bonds. The standard InChI is InChI=1S/C17H24N2O4S/c1-18-17-19-13-15(21)14(20)12(23-16(13)24-17)5-3-4-10-6-8-11(22-2)9-7-10/h6-9,12-16,20-21H,3-5H2,1-2H3,(H,18,19)/t12-,13-,14-,15-,16-/m1/s1. The summed E-state index contributed by atoms with van der Waals surface area (Å²) in [5, 5.41) is 24.4. The van der Waals surface area contributed by atoms with Crippen LogP contribution in [0.1, 0.15) is 18.4 Å². The first-order chi connectivity index (χ1) is 11.6. The lowest BCUT2D eigenvalue weighted by Gasteiger charge is -2.38. The molecule has 1 saturated heterocycles. The fourth-order valence-electron chi connectivity index (χ4n) is 3.09. The Kier molecular flexibility index (Phi) is 5.65. The van der Waals surface area contributed by atoms with Crippen LogP contribution in [-0.2, 0) is 11.2 Å². The van der Waals surface area contributed by atoms with Gasteiger partial charge in [0.15, 0.2) is 5.17 Å². The van der Waals surface area contributed by atoms with Gasteiger partial charge in [0, 0.05) is 7.05 Å². The van der Waals surface area contributed by atoms with Crippen molar-refractivity contribution in [1.29, 1.82) is 0 Å². The van der Waals surface area contributed by atoms with Crippen molar-refractivity contribution in [3.63, 3.8) is 0 Å². The predicted octanol–water partition coefficient (Wildman–Crippen LogP) is 1.16. The van der Waals surface area contributed by atoms with Crippen molar-refractivity contribution < 1.29 is 19.7 Å². The van der Waals surface area contributed by atoms with Crippen LogP contribution in [0, 0.1) is 0 Å². The van der Waals surface area contributed by atoms with Crippen molar-refractivity contribution in [2.75, 3.05) is 14.2 Å². The molecule has 132 valence electrons. The molecule has 7 heteroatoms. The maximum absolute atomic E-state index is 10.3. The minimum Gasteiger partial charge on any atom is -0.497 e. The normalized spacial score (nSPS) is 32.2. The van der Waals surface area contributed by atoms with Crippen LogP contribution in [0.2, 0.25) is 0 Å². The lowest BCUT2D eigenvalue weighted by Crippen LogP contribution is -2.54. The maximum atomic E-state index is 10.3. The van der Waals surface area contributed by atoms with Crippen molar-refractivity contribution in [3.05, 3.63) is 29.8 Å². The maximum Gasteiger partial charge on any atom is 0.159 e. The zero-order valence-electron chi connectivity index (χ0n) is 13.9. The zero-order chi connectivity index (χ0) is 17.1. The molecule has 2 heterocycles. The SMILES string of the molecule is CNC1=N[C@@H]2[C@@H](O)[C@H](O)[C@@H](CCCc3ccc(OC)cc3)O[C@@H]2S1. The van der Waals surface area contributed by atoms with Crippen molar-refractivity contribution >= 4 is 16.9 Å². The minimum atomic E-state index is -0.900. The third-order valence-electron chi connectivity index (χ3n) is 4.49. The molecule has 3 N–H and O–H groups in total. The topological polar surface area (TPSA) is 83.3 Å². The summed E-state index contributed by atoms with van der Waals surface area (Å²) in [6.45, 7) is 0. The van der Waals surface area contributed by atoms with Crippen LogP contribution < -0.4 is 10.1 Å². The molecule has 24 heavy (non-hydrogen) atoms. The molecule has 3 rings (SSSR count). The molecule has 1 aromatic rings. The van der Waals surface area contributed by atoms with E-state index in [9.17, 15) is 10.2 Å². The Labute approximate surface area is 146 Å². The second kappa shape index (κ2) is 7.74. The first-order valence-electron chi connectivity index (χ1n) is 8.19. The van der Waals surface area contributed by atoms with E-state index in [0.29, 0.717) is 6.42 Å². The van der Waals surface area contributed by atoms with E-state index in [2.05, 4.69) is 10.3 Å². The molecular formula is C17H24N2O4S. The smallest absolute Gasteiger partial charge is 0.159 e. The van der Waals surface area contributed by atoms with E-state index in [1.165, 1.54) is 17.3 Å². The van der Waals surface area contributed by atoms with E-state index >= 15 is 0 Å². The average Bonchev–Trinajstić information content (AvgIpc) is 3.03. The van der Waals surface area contributed by atoms with Gasteiger partial charge in [0.05, 0.1) is 13.2 Å². The van der Waals surface area contributed by atoms with Crippen LogP contribution in [0.15, 0.2) is 29.3 Å². The van der Waals surface area contributed by atoms with E-state index < -0.39 is 18.2 Å². The van der Waals surface area contributed by atoms with E-state index in [1.807, 2.05) is 24.3 Å². The number of benzene rings is 1. The summed E-state index contributed by atoms with van der Waals surface area (Å²) in [4.78, 5) is 4.36. The van der Waals surface area contributed by atoms with Crippen LogP contribution in [-0.4, -0.2) is 59.3 Å². The monoisotopic (exact) mass is 352 g/mol. The molecule has 0 radical (unpaired) electrons. The molecule has 1 aromatic carbocycles. The van der Waals surface area contributed by atoms with Gasteiger partial charge in [0.1, 0.15) is 29.4 Å². The lowest BCUT2D eigenvalue weighted by atomic mass is 9.94. The summed E-state index contributed by atoms with van der Waals surface area (Å²) in [5.74, 6) is 0.845. The van der Waals surface area contributed by atoms with Gasteiger partial charge < -0.3 is 25.0 Å². The van der Waals surface area contributed by atoms with E-state index in [0.717, 1.165) is 23.8 Å². The molecular weight excluding hydrogens is 328 g/mol. The quantitative estimate of drug-likeness (QED) is 0.737. The number of ether oxygens (including phenoxy) is 2. The summed E-state index contributed by atoms with van der Waals surface area (Å²) in [6.07, 6.45) is 0.326. The first-order valence-corrected chi connectivity index (χ1v) is 9.07. The number of methoxy groups -OCH3 is 1. The fraction of sp³-hybridized carbons (Fsp3) is 0.588. The Morgan fingerprint density at radius 2 is 2.00 bits per heavy atom.